The quantitative estimate of drug-likeness (QED) is 0.516. The summed E-state index contributed by atoms with van der Waals surface area (Å²) < 4.78 is 30.4. The Labute approximate surface area is 77.9 Å². The van der Waals surface area contributed by atoms with Gasteiger partial charge in [0.1, 0.15) is 4.75 Å². The third kappa shape index (κ3) is 1.09. The van der Waals surface area contributed by atoms with E-state index in [2.05, 4.69) is 0 Å². The maximum absolute atomic E-state index is 11.2. The van der Waals surface area contributed by atoms with E-state index in [1.54, 1.807) is 6.08 Å². The summed E-state index contributed by atoms with van der Waals surface area (Å²) in [5.74, 6) is 0.229. The van der Waals surface area contributed by atoms with Crippen molar-refractivity contribution < 1.29 is 13.0 Å². The largest absolute Gasteiger partial charge is 0.285 e. The first-order valence-electron chi connectivity index (χ1n) is 4.30. The predicted octanol–water partition coefficient (Wildman–Crippen LogP) is 1.54. The van der Waals surface area contributed by atoms with Crippen molar-refractivity contribution in [2.75, 3.05) is 0 Å². The molecular weight excluding hydrogens is 188 g/mol. The molecule has 0 aliphatic heterocycles. The van der Waals surface area contributed by atoms with Crippen molar-refractivity contribution in [1.29, 1.82) is 0 Å². The maximum Gasteiger partial charge on any atom is 0.274 e. The Morgan fingerprint density at radius 3 is 2.77 bits per heavy atom. The number of rotatable bonds is 1. The lowest BCUT2D eigenvalue weighted by Gasteiger charge is -2.19. The normalized spacial score (nSPS) is 40.5. The third-order valence-electron chi connectivity index (χ3n) is 3.06. The lowest BCUT2D eigenvalue weighted by molar-refractivity contribution is 0.449. The van der Waals surface area contributed by atoms with Crippen LogP contribution >= 0.6 is 0 Å². The van der Waals surface area contributed by atoms with E-state index in [4.69, 9.17) is 4.55 Å². The Balaban J connectivity index is 2.47. The molecule has 72 valence electrons. The van der Waals surface area contributed by atoms with Crippen LogP contribution in [0.2, 0.25) is 0 Å². The van der Waals surface area contributed by atoms with E-state index in [-0.39, 0.29) is 5.92 Å². The molecule has 0 spiro atoms. The van der Waals surface area contributed by atoms with E-state index in [0.29, 0.717) is 12.8 Å². The maximum atomic E-state index is 11.2. The van der Waals surface area contributed by atoms with Gasteiger partial charge in [0.05, 0.1) is 0 Å². The summed E-state index contributed by atoms with van der Waals surface area (Å²) in [5.41, 5.74) is 1.13. The second-order valence-electron chi connectivity index (χ2n) is 3.75. The first-order chi connectivity index (χ1) is 5.98. The summed E-state index contributed by atoms with van der Waals surface area (Å²) in [7, 11) is -3.94. The Morgan fingerprint density at radius 2 is 2.38 bits per heavy atom. The predicted molar refractivity (Wildman–Crippen MR) is 49.9 cm³/mol. The summed E-state index contributed by atoms with van der Waals surface area (Å²) in [5, 5.41) is 0. The van der Waals surface area contributed by atoms with Crippen LogP contribution in [0.15, 0.2) is 23.8 Å². The van der Waals surface area contributed by atoms with Gasteiger partial charge in [-0.2, -0.15) is 8.42 Å². The minimum Gasteiger partial charge on any atom is -0.285 e. The van der Waals surface area contributed by atoms with Gasteiger partial charge in [0.2, 0.25) is 0 Å². The number of hydrogen-bond donors (Lipinski definition) is 1. The van der Waals surface area contributed by atoms with Gasteiger partial charge in [-0.3, -0.25) is 4.55 Å². The molecule has 2 aliphatic carbocycles. The van der Waals surface area contributed by atoms with Crippen molar-refractivity contribution in [3.05, 3.63) is 23.8 Å². The zero-order valence-electron chi connectivity index (χ0n) is 7.40. The van der Waals surface area contributed by atoms with Crippen LogP contribution in [0, 0.1) is 5.92 Å². The highest BCUT2D eigenvalue weighted by atomic mass is 32.2. The molecule has 2 atom stereocenters. The number of hydrogen-bond acceptors (Lipinski definition) is 2. The van der Waals surface area contributed by atoms with Gasteiger partial charge in [-0.25, -0.2) is 0 Å². The highest BCUT2D eigenvalue weighted by Crippen LogP contribution is 2.50. The molecular formula is C9H12O3S. The fourth-order valence-corrected chi connectivity index (χ4v) is 3.25. The van der Waals surface area contributed by atoms with Crippen LogP contribution < -0.4 is 0 Å². The van der Waals surface area contributed by atoms with Gasteiger partial charge in [0.15, 0.2) is 0 Å². The highest BCUT2D eigenvalue weighted by molar-refractivity contribution is 7.87. The van der Waals surface area contributed by atoms with Gasteiger partial charge in [-0.1, -0.05) is 23.8 Å². The van der Waals surface area contributed by atoms with Crippen LogP contribution in [0.1, 0.15) is 19.8 Å². The summed E-state index contributed by atoms with van der Waals surface area (Å²) >= 11 is 0. The van der Waals surface area contributed by atoms with E-state index in [1.807, 2.05) is 19.1 Å². The SMILES string of the molecule is CC=C1CC2(S(=O)(=O)O)C=CC1C2. The second-order valence-corrected chi connectivity index (χ2v) is 5.51. The average Bonchev–Trinajstić information content (AvgIpc) is 2.59. The van der Waals surface area contributed by atoms with Crippen LogP contribution in [0.4, 0.5) is 0 Å². The van der Waals surface area contributed by atoms with Crippen molar-refractivity contribution in [2.45, 2.75) is 24.5 Å². The molecule has 3 nitrogen and oxygen atoms in total. The molecule has 2 rings (SSSR count). The van der Waals surface area contributed by atoms with Crippen LogP contribution in [0.3, 0.4) is 0 Å². The van der Waals surface area contributed by atoms with Crippen molar-refractivity contribution in [1.82, 2.24) is 0 Å². The molecule has 2 aliphatic rings. The Bertz CT molecular complexity index is 391. The topological polar surface area (TPSA) is 54.4 Å². The van der Waals surface area contributed by atoms with Crippen LogP contribution in [-0.2, 0) is 10.1 Å². The molecule has 1 N–H and O–H groups in total. The molecule has 2 bridgehead atoms. The van der Waals surface area contributed by atoms with Gasteiger partial charge in [0, 0.05) is 0 Å². The molecule has 0 amide bonds. The van der Waals surface area contributed by atoms with Crippen molar-refractivity contribution in [3.63, 3.8) is 0 Å². The zero-order valence-corrected chi connectivity index (χ0v) is 8.21. The monoisotopic (exact) mass is 200 g/mol. The molecule has 0 aromatic heterocycles. The van der Waals surface area contributed by atoms with Crippen molar-refractivity contribution in [2.24, 2.45) is 5.92 Å². The second kappa shape index (κ2) is 2.45. The van der Waals surface area contributed by atoms with Crippen molar-refractivity contribution >= 4 is 10.1 Å². The zero-order chi connectivity index (χ0) is 9.69. The molecule has 2 unspecified atom stereocenters. The summed E-state index contributed by atoms with van der Waals surface area (Å²) in [4.78, 5) is 0. The Morgan fingerprint density at radius 1 is 1.69 bits per heavy atom. The minimum atomic E-state index is -3.94. The van der Waals surface area contributed by atoms with E-state index in [9.17, 15) is 8.42 Å². The summed E-state index contributed by atoms with van der Waals surface area (Å²) in [6.45, 7) is 1.90. The summed E-state index contributed by atoms with van der Waals surface area (Å²) in [6.07, 6.45) is 6.45. The van der Waals surface area contributed by atoms with Crippen molar-refractivity contribution in [3.8, 4) is 0 Å². The fraction of sp³-hybridized carbons (Fsp3) is 0.556. The minimum absolute atomic E-state index is 0.229. The number of allylic oxidation sites excluding steroid dienone is 3. The third-order valence-corrected chi connectivity index (χ3v) is 4.54. The first-order valence-corrected chi connectivity index (χ1v) is 5.74. The van der Waals surface area contributed by atoms with Crippen LogP contribution in [0.5, 0.6) is 0 Å². The fourth-order valence-electron chi connectivity index (χ4n) is 2.26. The van der Waals surface area contributed by atoms with Gasteiger partial charge in [-0.15, -0.1) is 0 Å². The molecule has 0 aromatic rings. The molecule has 0 saturated heterocycles. The van der Waals surface area contributed by atoms with Crippen LogP contribution in [-0.4, -0.2) is 17.7 Å². The molecule has 0 radical (unpaired) electrons. The smallest absolute Gasteiger partial charge is 0.274 e. The Hall–Kier alpha value is -0.610. The molecule has 13 heavy (non-hydrogen) atoms. The summed E-state index contributed by atoms with van der Waals surface area (Å²) in [6, 6.07) is 0. The Kier molecular flexibility index (Phi) is 1.69. The van der Waals surface area contributed by atoms with Gasteiger partial charge >= 0.3 is 0 Å². The number of fused-ring (bicyclic) bond motifs is 2. The average molecular weight is 200 g/mol. The van der Waals surface area contributed by atoms with E-state index in [0.717, 1.165) is 5.57 Å². The molecule has 0 heterocycles. The molecule has 0 aromatic carbocycles. The van der Waals surface area contributed by atoms with Crippen LogP contribution in [0.25, 0.3) is 0 Å². The molecule has 1 saturated carbocycles. The standard InChI is InChI=1S/C9H12O3S/c1-2-7-5-9(13(10,11)12)4-3-8(7)6-9/h2-4,8H,5-6H2,1H3,(H,10,11,12). The van der Waals surface area contributed by atoms with Gasteiger partial charge in [-0.05, 0) is 25.7 Å². The van der Waals surface area contributed by atoms with Gasteiger partial charge in [0.25, 0.3) is 10.1 Å². The lowest BCUT2D eigenvalue weighted by Crippen LogP contribution is -2.31. The highest BCUT2D eigenvalue weighted by Gasteiger charge is 2.52. The van der Waals surface area contributed by atoms with E-state index >= 15 is 0 Å². The van der Waals surface area contributed by atoms with Gasteiger partial charge < -0.3 is 0 Å². The van der Waals surface area contributed by atoms with E-state index in [1.165, 1.54) is 0 Å². The lowest BCUT2D eigenvalue weighted by atomic mass is 10.0. The molecule has 4 heteroatoms. The van der Waals surface area contributed by atoms with E-state index < -0.39 is 14.9 Å². The first kappa shape index (κ1) is 8.97. The molecule has 1 fully saturated rings.